The SMILES string of the molecule is COC1=CCC(S(=O)(=O)N(CC(N)=O)c2ccc(C)cc2Cc2c(F)cccc2F)C=C1OC. The van der Waals surface area contributed by atoms with Gasteiger partial charge in [-0.05, 0) is 49.3 Å². The van der Waals surface area contributed by atoms with Crippen molar-refractivity contribution in [3.8, 4) is 0 Å². The number of allylic oxidation sites excluding steroid dienone is 1. The summed E-state index contributed by atoms with van der Waals surface area (Å²) in [7, 11) is -1.38. The molecule has 1 aliphatic carbocycles. The lowest BCUT2D eigenvalue weighted by atomic mass is 10.00. The fourth-order valence-corrected chi connectivity index (χ4v) is 5.53. The van der Waals surface area contributed by atoms with Gasteiger partial charge in [0.2, 0.25) is 15.9 Å². The third-order valence-electron chi connectivity index (χ3n) is 5.48. The van der Waals surface area contributed by atoms with Crippen molar-refractivity contribution in [3.05, 3.63) is 88.4 Å². The Morgan fingerprint density at radius 3 is 2.35 bits per heavy atom. The fraction of sp³-hybridized carbons (Fsp3) is 0.292. The Morgan fingerprint density at radius 2 is 1.76 bits per heavy atom. The maximum absolute atomic E-state index is 14.4. The summed E-state index contributed by atoms with van der Waals surface area (Å²) in [6.45, 7) is 1.12. The molecule has 1 atom stereocenters. The number of nitrogens with zero attached hydrogens (tertiary/aromatic N) is 1. The van der Waals surface area contributed by atoms with E-state index < -0.39 is 39.4 Å². The number of benzene rings is 2. The number of aryl methyl sites for hydroxylation is 1. The van der Waals surface area contributed by atoms with Gasteiger partial charge in [0.05, 0.1) is 19.9 Å². The minimum Gasteiger partial charge on any atom is -0.493 e. The number of carbonyl (C=O) groups excluding carboxylic acids is 1. The quantitative estimate of drug-likeness (QED) is 0.579. The van der Waals surface area contributed by atoms with Gasteiger partial charge in [-0.1, -0.05) is 23.8 Å². The van der Waals surface area contributed by atoms with Crippen LogP contribution in [-0.4, -0.2) is 40.3 Å². The Morgan fingerprint density at radius 1 is 1.12 bits per heavy atom. The number of hydrogen-bond acceptors (Lipinski definition) is 5. The van der Waals surface area contributed by atoms with E-state index in [4.69, 9.17) is 15.2 Å². The van der Waals surface area contributed by atoms with Crippen LogP contribution in [0.1, 0.15) is 23.1 Å². The number of amides is 1. The molecule has 0 aromatic heterocycles. The van der Waals surface area contributed by atoms with Gasteiger partial charge in [-0.25, -0.2) is 17.2 Å². The van der Waals surface area contributed by atoms with Crippen LogP contribution in [0.15, 0.2) is 60.1 Å². The van der Waals surface area contributed by atoms with Crippen molar-refractivity contribution in [1.82, 2.24) is 0 Å². The number of primary amides is 1. The van der Waals surface area contributed by atoms with Gasteiger partial charge in [0.1, 0.15) is 23.4 Å². The summed E-state index contributed by atoms with van der Waals surface area (Å²) in [6.07, 6.45) is 2.81. The zero-order valence-corrected chi connectivity index (χ0v) is 19.9. The summed E-state index contributed by atoms with van der Waals surface area (Å²) in [5.41, 5.74) is 6.38. The highest BCUT2D eigenvalue weighted by atomic mass is 32.2. The summed E-state index contributed by atoms with van der Waals surface area (Å²) in [5, 5.41) is -1.08. The van der Waals surface area contributed by atoms with Crippen LogP contribution < -0.4 is 10.0 Å². The number of rotatable bonds is 9. The van der Waals surface area contributed by atoms with Crippen molar-refractivity contribution in [3.63, 3.8) is 0 Å². The number of carbonyl (C=O) groups is 1. The van der Waals surface area contributed by atoms with Crippen LogP contribution in [0.4, 0.5) is 14.5 Å². The predicted octanol–water partition coefficient (Wildman–Crippen LogP) is 3.32. The molecule has 1 unspecified atom stereocenters. The second kappa shape index (κ2) is 10.3. The van der Waals surface area contributed by atoms with Crippen LogP contribution in [-0.2, 0) is 30.7 Å². The van der Waals surface area contributed by atoms with Gasteiger partial charge in [0.25, 0.3) is 0 Å². The summed E-state index contributed by atoms with van der Waals surface area (Å²) < 4.78 is 67.5. The van der Waals surface area contributed by atoms with Crippen molar-refractivity contribution in [2.24, 2.45) is 5.73 Å². The van der Waals surface area contributed by atoms with E-state index in [1.807, 2.05) is 0 Å². The van der Waals surface area contributed by atoms with E-state index in [0.717, 1.165) is 22.0 Å². The fourth-order valence-electron chi connectivity index (χ4n) is 3.81. The molecule has 3 rings (SSSR count). The normalized spacial score (nSPS) is 15.9. The van der Waals surface area contributed by atoms with Crippen LogP contribution in [0, 0.1) is 18.6 Å². The molecule has 1 aliphatic rings. The minimum atomic E-state index is -4.21. The maximum Gasteiger partial charge on any atom is 0.242 e. The van der Waals surface area contributed by atoms with Gasteiger partial charge in [0, 0.05) is 12.0 Å². The van der Waals surface area contributed by atoms with Gasteiger partial charge >= 0.3 is 0 Å². The molecule has 0 saturated carbocycles. The molecule has 2 aromatic carbocycles. The Hall–Kier alpha value is -3.40. The molecule has 34 heavy (non-hydrogen) atoms. The molecule has 10 heteroatoms. The van der Waals surface area contributed by atoms with Gasteiger partial charge in [-0.3, -0.25) is 9.10 Å². The minimum absolute atomic E-state index is 0.0662. The van der Waals surface area contributed by atoms with Crippen LogP contribution in [0.3, 0.4) is 0 Å². The third-order valence-corrected chi connectivity index (χ3v) is 7.51. The Labute approximate surface area is 197 Å². The van der Waals surface area contributed by atoms with Crippen molar-refractivity contribution >= 4 is 21.6 Å². The van der Waals surface area contributed by atoms with Gasteiger partial charge in [0.15, 0.2) is 11.5 Å². The standard InChI is InChI=1S/C24H26F2N2O5S/c1-15-7-9-21(16(11-15)12-18-19(25)5-4-6-20(18)26)28(14-24(27)29)34(30,31)17-8-10-22(32-2)23(13-17)33-3/h4-7,9-11,13,17H,8,12,14H2,1-3H3,(H2,27,29). The van der Waals surface area contributed by atoms with Gasteiger partial charge in [-0.2, -0.15) is 0 Å². The van der Waals surface area contributed by atoms with Crippen LogP contribution >= 0.6 is 0 Å². The molecule has 0 spiro atoms. The van der Waals surface area contributed by atoms with Gasteiger partial charge in [-0.15, -0.1) is 0 Å². The first-order valence-corrected chi connectivity index (χ1v) is 11.9. The van der Waals surface area contributed by atoms with E-state index in [2.05, 4.69) is 0 Å². The highest BCUT2D eigenvalue weighted by Gasteiger charge is 2.35. The van der Waals surface area contributed by atoms with Crippen molar-refractivity contribution in [2.45, 2.75) is 25.0 Å². The molecule has 0 saturated heterocycles. The first kappa shape index (κ1) is 25.2. The average molecular weight is 493 g/mol. The van der Waals surface area contributed by atoms with Crippen molar-refractivity contribution < 1.29 is 31.5 Å². The summed E-state index contributed by atoms with van der Waals surface area (Å²) in [5.74, 6) is -1.77. The highest BCUT2D eigenvalue weighted by molar-refractivity contribution is 7.93. The molecule has 0 heterocycles. The van der Waals surface area contributed by atoms with Crippen LogP contribution in [0.2, 0.25) is 0 Å². The lowest BCUT2D eigenvalue weighted by Crippen LogP contribution is -2.44. The lowest BCUT2D eigenvalue weighted by molar-refractivity contribution is -0.116. The maximum atomic E-state index is 14.4. The van der Waals surface area contributed by atoms with Gasteiger partial charge < -0.3 is 15.2 Å². The number of anilines is 1. The Bertz CT molecular complexity index is 1240. The number of hydrogen-bond donors (Lipinski definition) is 1. The zero-order chi connectivity index (χ0) is 25.0. The number of halogens is 2. The first-order valence-electron chi connectivity index (χ1n) is 10.4. The largest absolute Gasteiger partial charge is 0.493 e. The van der Waals surface area contributed by atoms with Crippen molar-refractivity contribution in [2.75, 3.05) is 25.1 Å². The Kier molecular flexibility index (Phi) is 7.61. The van der Waals surface area contributed by atoms with E-state index in [-0.39, 0.29) is 29.9 Å². The van der Waals surface area contributed by atoms with Crippen LogP contribution in [0.25, 0.3) is 0 Å². The summed E-state index contributed by atoms with van der Waals surface area (Å²) in [4.78, 5) is 11.9. The van der Waals surface area contributed by atoms with E-state index in [1.165, 1.54) is 32.4 Å². The summed E-state index contributed by atoms with van der Waals surface area (Å²) in [6, 6.07) is 8.30. The van der Waals surface area contributed by atoms with E-state index in [0.29, 0.717) is 11.3 Å². The monoisotopic (exact) mass is 492 g/mol. The van der Waals surface area contributed by atoms with E-state index >= 15 is 0 Å². The molecular weight excluding hydrogens is 466 g/mol. The molecule has 1 amide bonds. The van der Waals surface area contributed by atoms with E-state index in [1.54, 1.807) is 25.1 Å². The second-order valence-corrected chi connectivity index (χ2v) is 9.88. The molecule has 7 nitrogen and oxygen atoms in total. The number of nitrogens with two attached hydrogens (primary N) is 1. The molecule has 0 radical (unpaired) electrons. The highest BCUT2D eigenvalue weighted by Crippen LogP contribution is 2.32. The van der Waals surface area contributed by atoms with Crippen molar-refractivity contribution in [1.29, 1.82) is 0 Å². The Balaban J connectivity index is 2.11. The first-order chi connectivity index (χ1) is 16.1. The lowest BCUT2D eigenvalue weighted by Gasteiger charge is -2.30. The third kappa shape index (κ3) is 5.22. The second-order valence-electron chi connectivity index (χ2n) is 7.81. The predicted molar refractivity (Wildman–Crippen MR) is 124 cm³/mol. The number of methoxy groups -OCH3 is 2. The smallest absolute Gasteiger partial charge is 0.242 e. The molecular formula is C24H26F2N2O5S. The molecule has 182 valence electrons. The zero-order valence-electron chi connectivity index (χ0n) is 19.0. The summed E-state index contributed by atoms with van der Waals surface area (Å²) >= 11 is 0. The number of ether oxygens (including phenoxy) is 2. The molecule has 0 bridgehead atoms. The number of sulfonamides is 1. The van der Waals surface area contributed by atoms with Crippen LogP contribution in [0.5, 0.6) is 0 Å². The molecule has 2 N–H and O–H groups in total. The molecule has 2 aromatic rings. The molecule has 0 aliphatic heterocycles. The average Bonchev–Trinajstić information content (AvgIpc) is 2.79. The topological polar surface area (TPSA) is 98.9 Å². The van der Waals surface area contributed by atoms with E-state index in [9.17, 15) is 22.0 Å². The molecule has 0 fully saturated rings.